The Morgan fingerprint density at radius 2 is 1.97 bits per heavy atom. The third-order valence-corrected chi connectivity index (χ3v) is 6.17. The molecular formula is C23H21ClN4O2P+. The van der Waals surface area contributed by atoms with Gasteiger partial charge in [-0.1, -0.05) is 36.7 Å². The maximum atomic E-state index is 12.3. The summed E-state index contributed by atoms with van der Waals surface area (Å²) in [6, 6.07) is 14.9. The number of hydrogen-bond donors (Lipinski definition) is 1. The van der Waals surface area contributed by atoms with Gasteiger partial charge in [0, 0.05) is 46.3 Å². The van der Waals surface area contributed by atoms with Gasteiger partial charge in [0.25, 0.3) is 0 Å². The van der Waals surface area contributed by atoms with Gasteiger partial charge in [-0.05, 0) is 50.5 Å². The smallest absolute Gasteiger partial charge is 0.398 e. The van der Waals surface area contributed by atoms with Crippen molar-refractivity contribution in [1.82, 2.24) is 14.5 Å². The highest BCUT2D eigenvalue weighted by molar-refractivity contribution is 7.42. The Balaban J connectivity index is 1.84. The average Bonchev–Trinajstić information content (AvgIpc) is 3.11. The molecule has 4 aromatic rings. The van der Waals surface area contributed by atoms with Crippen molar-refractivity contribution >= 4 is 42.1 Å². The van der Waals surface area contributed by atoms with Crippen molar-refractivity contribution in [2.24, 2.45) is 0 Å². The quantitative estimate of drug-likeness (QED) is 0.229. The molecule has 0 aliphatic heterocycles. The Bertz CT molecular complexity index is 1330. The summed E-state index contributed by atoms with van der Waals surface area (Å²) in [5.41, 5.74) is 11.0. The van der Waals surface area contributed by atoms with Gasteiger partial charge in [-0.3, -0.25) is 4.79 Å². The fourth-order valence-corrected chi connectivity index (χ4v) is 4.41. The minimum atomic E-state index is -1.73. The van der Waals surface area contributed by atoms with Gasteiger partial charge < -0.3 is 5.73 Å². The summed E-state index contributed by atoms with van der Waals surface area (Å²) in [6.07, 6.45) is 2.61. The van der Waals surface area contributed by atoms with Crippen molar-refractivity contribution in [2.45, 2.75) is 19.8 Å². The summed E-state index contributed by atoms with van der Waals surface area (Å²) in [6.45, 7) is 3.41. The lowest BCUT2D eigenvalue weighted by Crippen LogP contribution is -2.02. The fraction of sp³-hybridized carbons (Fsp3) is 0.174. The van der Waals surface area contributed by atoms with Crippen LogP contribution >= 0.6 is 19.6 Å². The predicted molar refractivity (Wildman–Crippen MR) is 125 cm³/mol. The number of aromatic nitrogens is 3. The number of hydrogen-bond acceptors (Lipinski definition) is 5. The van der Waals surface area contributed by atoms with Gasteiger partial charge in [-0.2, -0.15) is 0 Å². The predicted octanol–water partition coefficient (Wildman–Crippen LogP) is 5.74. The van der Waals surface area contributed by atoms with Crippen LogP contribution in [-0.4, -0.2) is 27.0 Å². The zero-order valence-electron chi connectivity index (χ0n) is 17.2. The number of nitrogens with zero attached hydrogens (tertiary/aromatic N) is 3. The lowest BCUT2D eigenvalue weighted by atomic mass is 9.99. The number of anilines is 1. The topological polar surface area (TPSA) is 90.9 Å². The number of pyridine rings is 1. The summed E-state index contributed by atoms with van der Waals surface area (Å²) in [5, 5.41) is 6.03. The van der Waals surface area contributed by atoms with Crippen LogP contribution in [0.5, 0.6) is 0 Å². The van der Waals surface area contributed by atoms with E-state index in [-0.39, 0.29) is 5.78 Å². The summed E-state index contributed by atoms with van der Waals surface area (Å²) >= 11 is 6.13. The molecule has 2 aromatic carbocycles. The molecule has 2 aromatic heterocycles. The first kappa shape index (κ1) is 21.2. The molecule has 2 heterocycles. The number of benzene rings is 2. The summed E-state index contributed by atoms with van der Waals surface area (Å²) in [7, 11) is -1.73. The molecule has 0 saturated heterocycles. The van der Waals surface area contributed by atoms with E-state index in [0.29, 0.717) is 34.8 Å². The van der Waals surface area contributed by atoms with E-state index < -0.39 is 7.95 Å². The molecule has 0 fully saturated rings. The second kappa shape index (κ2) is 8.58. The maximum absolute atomic E-state index is 12.3. The van der Waals surface area contributed by atoms with E-state index in [1.54, 1.807) is 25.0 Å². The van der Waals surface area contributed by atoms with E-state index >= 15 is 0 Å². The molecule has 1 atom stereocenters. The van der Waals surface area contributed by atoms with Crippen LogP contribution in [0.25, 0.3) is 22.2 Å². The molecule has 6 nitrogen and oxygen atoms in total. The standard InChI is InChI=1S/C23H20ClN4O2P/c1-3-22(29)18-11-15(7-8-20(18)25)16-12-19-21(10-14-5-4-6-17(24)9-14)27-28(31(2)30)23(19)26-13-16/h4-9,11-13H,3,10H2,1-2H3,(H-,25,29)/p+1. The van der Waals surface area contributed by atoms with E-state index in [4.69, 9.17) is 17.3 Å². The van der Waals surface area contributed by atoms with E-state index in [0.717, 1.165) is 27.8 Å². The minimum absolute atomic E-state index is 0.00849. The fourth-order valence-electron chi connectivity index (χ4n) is 3.54. The number of nitrogen functional groups attached to an aromatic ring is 1. The molecule has 8 heteroatoms. The van der Waals surface area contributed by atoms with Crippen LogP contribution in [-0.2, 0) is 11.0 Å². The SMILES string of the molecule is CCC(=O)c1cc(-c2cnc3c(c2)c(Cc2cccc(Cl)c2)nn3[P+](C)=O)ccc1N. The number of ketones is 1. The molecule has 0 saturated carbocycles. The second-order valence-electron chi connectivity index (χ2n) is 7.28. The molecule has 0 bridgehead atoms. The van der Waals surface area contributed by atoms with Gasteiger partial charge in [-0.15, -0.1) is 5.10 Å². The Morgan fingerprint density at radius 1 is 1.16 bits per heavy atom. The Kier molecular flexibility index (Phi) is 5.86. The molecule has 0 aliphatic rings. The summed E-state index contributed by atoms with van der Waals surface area (Å²) < 4.78 is 13.7. The zero-order chi connectivity index (χ0) is 22.1. The molecule has 0 amide bonds. The molecule has 156 valence electrons. The molecule has 0 spiro atoms. The number of carbonyl (C=O) groups excluding carboxylic acids is 1. The lowest BCUT2D eigenvalue weighted by molar-refractivity contribution is 0.0989. The van der Waals surface area contributed by atoms with Crippen molar-refractivity contribution < 1.29 is 9.36 Å². The first-order valence-corrected chi connectivity index (χ1v) is 11.9. The zero-order valence-corrected chi connectivity index (χ0v) is 18.8. The average molecular weight is 452 g/mol. The molecule has 0 aliphatic carbocycles. The third kappa shape index (κ3) is 4.22. The van der Waals surface area contributed by atoms with Crippen LogP contribution < -0.4 is 5.73 Å². The molecule has 1 unspecified atom stereocenters. The van der Waals surface area contributed by atoms with Gasteiger partial charge in [-0.25, -0.2) is 4.98 Å². The number of carbonyl (C=O) groups is 1. The van der Waals surface area contributed by atoms with Gasteiger partial charge in [0.1, 0.15) is 0 Å². The summed E-state index contributed by atoms with van der Waals surface area (Å²) in [5.74, 6) is -0.00849. The first-order chi connectivity index (χ1) is 14.9. The summed E-state index contributed by atoms with van der Waals surface area (Å²) in [4.78, 5) is 16.8. The highest BCUT2D eigenvalue weighted by Crippen LogP contribution is 2.32. The van der Waals surface area contributed by atoms with Crippen molar-refractivity contribution in [3.63, 3.8) is 0 Å². The first-order valence-electron chi connectivity index (χ1n) is 9.83. The van der Waals surface area contributed by atoms with Crippen LogP contribution in [0, 0.1) is 0 Å². The van der Waals surface area contributed by atoms with Crippen LogP contribution in [0.15, 0.2) is 54.7 Å². The van der Waals surface area contributed by atoms with Crippen molar-refractivity contribution in [2.75, 3.05) is 12.4 Å². The molecular weight excluding hydrogens is 431 g/mol. The highest BCUT2D eigenvalue weighted by atomic mass is 35.5. The Hall–Kier alpha value is -3.08. The van der Waals surface area contributed by atoms with E-state index in [1.807, 2.05) is 43.3 Å². The number of nitrogens with two attached hydrogens (primary N) is 1. The Morgan fingerprint density at radius 3 is 2.68 bits per heavy atom. The largest absolute Gasteiger partial charge is 0.482 e. The number of halogens is 1. The van der Waals surface area contributed by atoms with Crippen LogP contribution in [0.2, 0.25) is 5.02 Å². The van der Waals surface area contributed by atoms with Crippen LogP contribution in [0.4, 0.5) is 5.69 Å². The molecule has 31 heavy (non-hydrogen) atoms. The Labute approximate surface area is 185 Å². The van der Waals surface area contributed by atoms with Gasteiger partial charge >= 0.3 is 7.95 Å². The van der Waals surface area contributed by atoms with Crippen LogP contribution in [0.3, 0.4) is 0 Å². The lowest BCUT2D eigenvalue weighted by Gasteiger charge is -2.08. The monoisotopic (exact) mass is 451 g/mol. The van der Waals surface area contributed by atoms with Crippen molar-refractivity contribution in [3.05, 3.63) is 76.6 Å². The number of rotatable bonds is 6. The van der Waals surface area contributed by atoms with Gasteiger partial charge in [0.2, 0.25) is 5.65 Å². The van der Waals surface area contributed by atoms with E-state index in [1.165, 1.54) is 4.45 Å². The molecule has 0 radical (unpaired) electrons. The minimum Gasteiger partial charge on any atom is -0.398 e. The van der Waals surface area contributed by atoms with E-state index in [9.17, 15) is 9.36 Å². The highest BCUT2D eigenvalue weighted by Gasteiger charge is 2.22. The molecule has 2 N–H and O–H groups in total. The van der Waals surface area contributed by atoms with E-state index in [2.05, 4.69) is 10.1 Å². The maximum Gasteiger partial charge on any atom is 0.482 e. The molecule has 4 rings (SSSR count). The second-order valence-corrected chi connectivity index (χ2v) is 9.02. The number of Topliss-reactive ketones (excluding diaryl/α,β-unsaturated/α-hetero) is 1. The van der Waals surface area contributed by atoms with Crippen LogP contribution in [0.1, 0.15) is 35.0 Å². The third-order valence-electron chi connectivity index (χ3n) is 5.12. The van der Waals surface area contributed by atoms with Crippen molar-refractivity contribution in [3.8, 4) is 11.1 Å². The normalized spacial score (nSPS) is 11.6. The van der Waals surface area contributed by atoms with Gasteiger partial charge in [0.05, 0.1) is 5.69 Å². The van der Waals surface area contributed by atoms with Gasteiger partial charge in [0.15, 0.2) is 12.4 Å². The van der Waals surface area contributed by atoms with Crippen molar-refractivity contribution in [1.29, 1.82) is 0 Å². The number of fused-ring (bicyclic) bond motifs is 1.